The third kappa shape index (κ3) is 5.81. The molecule has 2 aromatic heterocycles. The van der Waals surface area contributed by atoms with E-state index in [1.807, 2.05) is 24.3 Å². The number of nitrogens with zero attached hydrogens (tertiary/aromatic N) is 4. The van der Waals surface area contributed by atoms with Crippen molar-refractivity contribution in [1.29, 1.82) is 0 Å². The van der Waals surface area contributed by atoms with Crippen LogP contribution in [0.2, 0.25) is 0 Å². The van der Waals surface area contributed by atoms with Gasteiger partial charge in [0.1, 0.15) is 17.6 Å². The van der Waals surface area contributed by atoms with Gasteiger partial charge in [-0.3, -0.25) is 9.21 Å². The van der Waals surface area contributed by atoms with Crippen molar-refractivity contribution >= 4 is 44.2 Å². The summed E-state index contributed by atoms with van der Waals surface area (Å²) in [6.45, 7) is 3.46. The molecule has 2 atom stereocenters. The lowest BCUT2D eigenvalue weighted by molar-refractivity contribution is -0.0281. The summed E-state index contributed by atoms with van der Waals surface area (Å²) in [6, 6.07) is 8.66. The molecule has 10 nitrogen and oxygen atoms in total. The van der Waals surface area contributed by atoms with Crippen LogP contribution in [0.15, 0.2) is 60.5 Å². The lowest BCUT2D eigenvalue weighted by Crippen LogP contribution is -2.49. The molecule has 3 N–H and O–H groups in total. The average Bonchev–Trinajstić information content (AvgIpc) is 3.43. The Hall–Kier alpha value is -3.48. The normalized spacial score (nSPS) is 23.0. The number of likely N-dealkylation sites (tertiary alicyclic amines) is 1. The first-order chi connectivity index (χ1) is 19.7. The van der Waals surface area contributed by atoms with Gasteiger partial charge in [-0.15, -0.1) is 0 Å². The van der Waals surface area contributed by atoms with Crippen LogP contribution in [0.3, 0.4) is 0 Å². The molecule has 2 aliphatic heterocycles. The van der Waals surface area contributed by atoms with Crippen molar-refractivity contribution in [3.63, 3.8) is 0 Å². The first-order valence-electron chi connectivity index (χ1n) is 14.0. The predicted molar refractivity (Wildman–Crippen MR) is 160 cm³/mol. The molecular formula is C29H36FN7O3S. The summed E-state index contributed by atoms with van der Waals surface area (Å²) in [5, 5.41) is 7.17. The third-order valence-electron chi connectivity index (χ3n) is 8.64. The molecule has 0 amide bonds. The number of halogens is 1. The van der Waals surface area contributed by atoms with E-state index in [1.165, 1.54) is 11.4 Å². The zero-order chi connectivity index (χ0) is 28.6. The summed E-state index contributed by atoms with van der Waals surface area (Å²) >= 11 is 0. The molecule has 0 saturated carbocycles. The molecule has 1 spiro atoms. The summed E-state index contributed by atoms with van der Waals surface area (Å²) in [6.07, 6.45) is 11.6. The Bertz CT molecular complexity index is 1570. The number of H-pyrrole nitrogens is 1. The van der Waals surface area contributed by atoms with Gasteiger partial charge in [-0.25, -0.2) is 12.8 Å². The second kappa shape index (κ2) is 11.1. The van der Waals surface area contributed by atoms with Gasteiger partial charge in [0, 0.05) is 32.2 Å². The maximum Gasteiger partial charge on any atom is 0.232 e. The molecule has 0 bridgehead atoms. The number of benzene rings is 1. The van der Waals surface area contributed by atoms with Crippen molar-refractivity contribution in [3.05, 3.63) is 60.5 Å². The third-order valence-corrected chi connectivity index (χ3v) is 9.83. The Morgan fingerprint density at radius 2 is 1.85 bits per heavy atom. The van der Waals surface area contributed by atoms with Crippen molar-refractivity contribution in [2.24, 2.45) is 5.41 Å². The van der Waals surface area contributed by atoms with E-state index in [1.54, 1.807) is 30.5 Å². The lowest BCUT2D eigenvalue weighted by Gasteiger charge is -2.46. The van der Waals surface area contributed by atoms with E-state index in [0.717, 1.165) is 63.6 Å². The van der Waals surface area contributed by atoms with Crippen LogP contribution in [0.25, 0.3) is 11.0 Å². The summed E-state index contributed by atoms with van der Waals surface area (Å²) in [4.78, 5) is 14.6. The van der Waals surface area contributed by atoms with Gasteiger partial charge in [0.15, 0.2) is 0 Å². The Morgan fingerprint density at radius 1 is 1.10 bits per heavy atom. The predicted octanol–water partition coefficient (Wildman–Crippen LogP) is 4.56. The standard InChI is InChI=1S/C29H36FN7O3S/c1-36(41(2,38)39)25-6-4-3-5-23(25)33-27-21-9-14-31-26(21)34-28(35-27)32-20-7-8-24(22(30)19-20)37-15-10-29(11-16-37)12-17-40-18-13-29/h3-9,14,19,22,24H,10-13,15-18H2,1-2H3,(H3,31,32,33,34,35). The molecule has 218 valence electrons. The maximum atomic E-state index is 15.5. The molecule has 1 aliphatic carbocycles. The Balaban J connectivity index is 1.18. The zero-order valence-electron chi connectivity index (χ0n) is 23.3. The number of hydrogen-bond acceptors (Lipinski definition) is 8. The maximum absolute atomic E-state index is 15.5. The fraction of sp³-hybridized carbons (Fsp3) is 0.448. The minimum absolute atomic E-state index is 0.287. The molecule has 12 heteroatoms. The topological polar surface area (TPSA) is 115 Å². The van der Waals surface area contributed by atoms with Crippen LogP contribution in [-0.2, 0) is 14.8 Å². The van der Waals surface area contributed by atoms with Crippen molar-refractivity contribution in [2.45, 2.75) is 37.9 Å². The summed E-state index contributed by atoms with van der Waals surface area (Å²) in [7, 11) is -1.97. The number of rotatable bonds is 7. The fourth-order valence-electron chi connectivity index (χ4n) is 6.02. The number of nitrogens with one attached hydrogen (secondary N) is 3. The second-order valence-electron chi connectivity index (χ2n) is 11.2. The number of aromatic amines is 1. The monoisotopic (exact) mass is 581 g/mol. The molecule has 2 unspecified atom stereocenters. The van der Waals surface area contributed by atoms with Crippen LogP contribution >= 0.6 is 0 Å². The van der Waals surface area contributed by atoms with Crippen LogP contribution in [0.4, 0.5) is 27.5 Å². The second-order valence-corrected chi connectivity index (χ2v) is 13.2. The summed E-state index contributed by atoms with van der Waals surface area (Å²) in [5.41, 5.74) is 2.59. The van der Waals surface area contributed by atoms with Crippen LogP contribution in [0, 0.1) is 5.41 Å². The average molecular weight is 582 g/mol. The minimum atomic E-state index is -3.47. The van der Waals surface area contributed by atoms with E-state index in [4.69, 9.17) is 4.74 Å². The molecule has 2 saturated heterocycles. The van der Waals surface area contributed by atoms with Crippen LogP contribution < -0.4 is 14.9 Å². The van der Waals surface area contributed by atoms with Crippen molar-refractivity contribution in [1.82, 2.24) is 19.9 Å². The quantitative estimate of drug-likeness (QED) is 0.372. The number of fused-ring (bicyclic) bond motifs is 1. The Kier molecular flexibility index (Phi) is 7.47. The van der Waals surface area contributed by atoms with Gasteiger partial charge < -0.3 is 20.4 Å². The molecular weight excluding hydrogens is 545 g/mol. The number of para-hydroxylation sites is 2. The van der Waals surface area contributed by atoms with E-state index < -0.39 is 16.2 Å². The number of ether oxygens (including phenoxy) is 1. The molecule has 6 rings (SSSR count). The number of piperidine rings is 1. The molecule has 41 heavy (non-hydrogen) atoms. The molecule has 4 heterocycles. The summed E-state index contributed by atoms with van der Waals surface area (Å²) in [5.74, 6) is 0.774. The van der Waals surface area contributed by atoms with Gasteiger partial charge in [-0.1, -0.05) is 18.2 Å². The minimum Gasteiger partial charge on any atom is -0.381 e. The van der Waals surface area contributed by atoms with E-state index in [0.29, 0.717) is 34.0 Å². The highest BCUT2D eigenvalue weighted by Crippen LogP contribution is 2.41. The Morgan fingerprint density at radius 3 is 2.59 bits per heavy atom. The van der Waals surface area contributed by atoms with Crippen molar-refractivity contribution in [3.8, 4) is 0 Å². The van der Waals surface area contributed by atoms with Crippen LogP contribution in [0.1, 0.15) is 25.7 Å². The molecule has 1 aromatic carbocycles. The summed E-state index contributed by atoms with van der Waals surface area (Å²) < 4.78 is 46.7. The highest BCUT2D eigenvalue weighted by molar-refractivity contribution is 7.92. The van der Waals surface area contributed by atoms with Crippen molar-refractivity contribution in [2.75, 3.05) is 54.5 Å². The highest BCUT2D eigenvalue weighted by Gasteiger charge is 2.39. The van der Waals surface area contributed by atoms with E-state index >= 15 is 4.39 Å². The zero-order valence-corrected chi connectivity index (χ0v) is 24.1. The number of sulfonamides is 1. The van der Waals surface area contributed by atoms with Crippen molar-refractivity contribution < 1.29 is 17.5 Å². The smallest absolute Gasteiger partial charge is 0.232 e. The van der Waals surface area contributed by atoms with Crippen LogP contribution in [0.5, 0.6) is 0 Å². The van der Waals surface area contributed by atoms with Gasteiger partial charge in [0.05, 0.1) is 29.1 Å². The first kappa shape index (κ1) is 27.7. The van der Waals surface area contributed by atoms with Gasteiger partial charge >= 0.3 is 0 Å². The molecule has 0 radical (unpaired) electrons. The first-order valence-corrected chi connectivity index (χ1v) is 15.8. The fourth-order valence-corrected chi connectivity index (χ4v) is 6.54. The van der Waals surface area contributed by atoms with E-state index in [-0.39, 0.29) is 12.0 Å². The van der Waals surface area contributed by atoms with E-state index in [9.17, 15) is 8.42 Å². The highest BCUT2D eigenvalue weighted by atomic mass is 32.2. The molecule has 3 aromatic rings. The Labute approximate surface area is 239 Å². The van der Waals surface area contributed by atoms with Crippen LogP contribution in [-0.4, -0.2) is 80.1 Å². The van der Waals surface area contributed by atoms with E-state index in [2.05, 4.69) is 30.5 Å². The number of aromatic nitrogens is 3. The lowest BCUT2D eigenvalue weighted by atomic mass is 9.72. The number of anilines is 4. The largest absolute Gasteiger partial charge is 0.381 e. The molecule has 3 aliphatic rings. The number of allylic oxidation sites excluding steroid dienone is 1. The van der Waals surface area contributed by atoms with Gasteiger partial charge in [0.2, 0.25) is 16.0 Å². The SMILES string of the molecule is CN(c1ccccc1Nc1nc(NC2=CC(F)C(N3CCC4(CCOCC4)CC3)C=C2)nc2[nH]ccc12)S(C)(=O)=O. The number of hydrogen-bond donors (Lipinski definition) is 3. The van der Waals surface area contributed by atoms with Gasteiger partial charge in [0.25, 0.3) is 0 Å². The van der Waals surface area contributed by atoms with Gasteiger partial charge in [-0.2, -0.15) is 9.97 Å². The molecule has 2 fully saturated rings. The number of alkyl halides is 1. The van der Waals surface area contributed by atoms with Gasteiger partial charge in [-0.05, 0) is 74.5 Å².